The zero-order chi connectivity index (χ0) is 12.3. The minimum atomic E-state index is 0.112. The molecule has 1 aromatic rings. The number of methoxy groups -OCH3 is 1. The Kier molecular flexibility index (Phi) is 3.57. The summed E-state index contributed by atoms with van der Waals surface area (Å²) in [6.07, 6.45) is 4.74. The van der Waals surface area contributed by atoms with E-state index in [2.05, 4.69) is 24.1 Å². The molecule has 1 aliphatic carbocycles. The minimum Gasteiger partial charge on any atom is -0.497 e. The third-order valence-corrected chi connectivity index (χ3v) is 3.81. The van der Waals surface area contributed by atoms with Gasteiger partial charge >= 0.3 is 0 Å². The fraction of sp³-hybridized carbons (Fsp3) is 0.571. The summed E-state index contributed by atoms with van der Waals surface area (Å²) in [7, 11) is 3.80. The molecule has 2 rings (SSSR count). The second-order valence-electron chi connectivity index (χ2n) is 5.09. The van der Waals surface area contributed by atoms with Crippen molar-refractivity contribution in [2.24, 2.45) is 5.73 Å². The summed E-state index contributed by atoms with van der Waals surface area (Å²) in [4.78, 5) is 2.26. The summed E-state index contributed by atoms with van der Waals surface area (Å²) in [5.41, 5.74) is 7.56. The Bertz CT molecular complexity index is 357. The summed E-state index contributed by atoms with van der Waals surface area (Å²) < 4.78 is 5.15. The molecule has 0 amide bonds. The molecule has 1 fully saturated rings. The number of nitrogens with two attached hydrogens (primary N) is 1. The molecule has 0 bridgehead atoms. The lowest BCUT2D eigenvalue weighted by molar-refractivity contribution is 0.234. The van der Waals surface area contributed by atoms with Gasteiger partial charge in [-0.25, -0.2) is 0 Å². The van der Waals surface area contributed by atoms with E-state index in [1.807, 2.05) is 12.1 Å². The molecular weight excluding hydrogens is 212 g/mol. The third-order valence-electron chi connectivity index (χ3n) is 3.81. The van der Waals surface area contributed by atoms with Crippen molar-refractivity contribution in [3.63, 3.8) is 0 Å². The maximum atomic E-state index is 6.23. The highest BCUT2D eigenvalue weighted by Gasteiger charge is 2.32. The standard InChI is InChI=1S/C14H22N2O/c1-16(11-10-14(15)8-3-9-14)12-4-6-13(17-2)7-5-12/h4-7H,3,8-11,15H2,1-2H3. The number of anilines is 1. The summed E-state index contributed by atoms with van der Waals surface area (Å²) in [6, 6.07) is 8.16. The van der Waals surface area contributed by atoms with Crippen LogP contribution in [0.15, 0.2) is 24.3 Å². The summed E-state index contributed by atoms with van der Waals surface area (Å²) >= 11 is 0. The molecule has 0 saturated heterocycles. The van der Waals surface area contributed by atoms with Crippen LogP contribution in [-0.4, -0.2) is 26.2 Å². The van der Waals surface area contributed by atoms with Crippen molar-refractivity contribution < 1.29 is 4.74 Å². The molecule has 0 aromatic heterocycles. The normalized spacial score (nSPS) is 17.4. The van der Waals surface area contributed by atoms with Crippen LogP contribution in [0.5, 0.6) is 5.75 Å². The Labute approximate surface area is 104 Å². The highest BCUT2D eigenvalue weighted by atomic mass is 16.5. The molecule has 0 unspecified atom stereocenters. The third kappa shape index (κ3) is 2.91. The van der Waals surface area contributed by atoms with Crippen molar-refractivity contribution >= 4 is 5.69 Å². The molecule has 0 atom stereocenters. The van der Waals surface area contributed by atoms with E-state index < -0.39 is 0 Å². The molecule has 0 heterocycles. The number of hydrogen-bond donors (Lipinski definition) is 1. The van der Waals surface area contributed by atoms with Crippen LogP contribution in [0, 0.1) is 0 Å². The van der Waals surface area contributed by atoms with Crippen LogP contribution in [0.2, 0.25) is 0 Å². The first-order valence-electron chi connectivity index (χ1n) is 6.27. The summed E-state index contributed by atoms with van der Waals surface area (Å²) in [6.45, 7) is 1.02. The Balaban J connectivity index is 1.87. The minimum absolute atomic E-state index is 0.112. The van der Waals surface area contributed by atoms with Crippen molar-refractivity contribution in [2.45, 2.75) is 31.2 Å². The van der Waals surface area contributed by atoms with Gasteiger partial charge in [-0.3, -0.25) is 0 Å². The van der Waals surface area contributed by atoms with Crippen LogP contribution in [0.4, 0.5) is 5.69 Å². The van der Waals surface area contributed by atoms with E-state index in [4.69, 9.17) is 10.5 Å². The van der Waals surface area contributed by atoms with Crippen LogP contribution >= 0.6 is 0 Å². The number of hydrogen-bond acceptors (Lipinski definition) is 3. The van der Waals surface area contributed by atoms with Crippen LogP contribution in [-0.2, 0) is 0 Å². The number of nitrogens with zero attached hydrogens (tertiary/aromatic N) is 1. The Hall–Kier alpha value is -1.22. The molecule has 0 radical (unpaired) electrons. The molecule has 1 aromatic carbocycles. The molecular formula is C14H22N2O. The highest BCUT2D eigenvalue weighted by Crippen LogP contribution is 2.32. The van der Waals surface area contributed by atoms with Crippen molar-refractivity contribution in [3.8, 4) is 5.75 Å². The predicted octanol–water partition coefficient (Wildman–Crippen LogP) is 2.40. The van der Waals surface area contributed by atoms with E-state index in [1.165, 1.54) is 24.9 Å². The van der Waals surface area contributed by atoms with Gasteiger partial charge in [0.25, 0.3) is 0 Å². The summed E-state index contributed by atoms with van der Waals surface area (Å²) in [5, 5.41) is 0. The van der Waals surface area contributed by atoms with Crippen molar-refractivity contribution in [2.75, 3.05) is 25.6 Å². The van der Waals surface area contributed by atoms with Gasteiger partial charge in [-0.1, -0.05) is 0 Å². The van der Waals surface area contributed by atoms with E-state index >= 15 is 0 Å². The zero-order valence-corrected chi connectivity index (χ0v) is 10.8. The maximum Gasteiger partial charge on any atom is 0.119 e. The van der Waals surface area contributed by atoms with Crippen LogP contribution < -0.4 is 15.4 Å². The van der Waals surface area contributed by atoms with E-state index in [-0.39, 0.29) is 5.54 Å². The van der Waals surface area contributed by atoms with Gasteiger partial charge in [0.05, 0.1) is 7.11 Å². The van der Waals surface area contributed by atoms with Crippen LogP contribution in [0.1, 0.15) is 25.7 Å². The molecule has 0 spiro atoms. The second-order valence-corrected chi connectivity index (χ2v) is 5.09. The van der Waals surface area contributed by atoms with Crippen LogP contribution in [0.25, 0.3) is 0 Å². The smallest absolute Gasteiger partial charge is 0.119 e. The molecule has 0 aliphatic heterocycles. The van der Waals surface area contributed by atoms with Crippen molar-refractivity contribution in [1.29, 1.82) is 0 Å². The first kappa shape index (κ1) is 12.2. The number of benzene rings is 1. The molecule has 17 heavy (non-hydrogen) atoms. The fourth-order valence-electron chi connectivity index (χ4n) is 2.24. The average Bonchev–Trinajstić information content (AvgIpc) is 2.33. The fourth-order valence-corrected chi connectivity index (χ4v) is 2.24. The lowest BCUT2D eigenvalue weighted by Gasteiger charge is -2.39. The molecule has 94 valence electrons. The lowest BCUT2D eigenvalue weighted by Crippen LogP contribution is -2.48. The molecule has 3 heteroatoms. The quantitative estimate of drug-likeness (QED) is 0.850. The molecule has 1 saturated carbocycles. The zero-order valence-electron chi connectivity index (χ0n) is 10.8. The highest BCUT2D eigenvalue weighted by molar-refractivity contribution is 5.48. The first-order chi connectivity index (χ1) is 8.13. The summed E-state index contributed by atoms with van der Waals surface area (Å²) in [5.74, 6) is 0.899. The largest absolute Gasteiger partial charge is 0.497 e. The Morgan fingerprint density at radius 1 is 1.29 bits per heavy atom. The van der Waals surface area contributed by atoms with Crippen molar-refractivity contribution in [1.82, 2.24) is 0 Å². The SMILES string of the molecule is COc1ccc(N(C)CCC2(N)CCC2)cc1. The first-order valence-corrected chi connectivity index (χ1v) is 6.27. The average molecular weight is 234 g/mol. The van der Waals surface area contributed by atoms with Gasteiger partial charge in [-0.15, -0.1) is 0 Å². The monoisotopic (exact) mass is 234 g/mol. The van der Waals surface area contributed by atoms with E-state index in [0.29, 0.717) is 0 Å². The van der Waals surface area contributed by atoms with E-state index in [9.17, 15) is 0 Å². The topological polar surface area (TPSA) is 38.5 Å². The predicted molar refractivity (Wildman–Crippen MR) is 71.7 cm³/mol. The van der Waals surface area contributed by atoms with Gasteiger partial charge in [-0.05, 0) is 49.9 Å². The Morgan fingerprint density at radius 2 is 1.94 bits per heavy atom. The van der Waals surface area contributed by atoms with Crippen molar-refractivity contribution in [3.05, 3.63) is 24.3 Å². The van der Waals surface area contributed by atoms with Gasteiger partial charge in [0.15, 0.2) is 0 Å². The molecule has 2 N–H and O–H groups in total. The van der Waals surface area contributed by atoms with Gasteiger partial charge in [0.1, 0.15) is 5.75 Å². The van der Waals surface area contributed by atoms with Gasteiger partial charge < -0.3 is 15.4 Å². The molecule has 3 nitrogen and oxygen atoms in total. The van der Waals surface area contributed by atoms with Gasteiger partial charge in [0.2, 0.25) is 0 Å². The van der Waals surface area contributed by atoms with E-state index in [1.54, 1.807) is 7.11 Å². The van der Waals surface area contributed by atoms with Gasteiger partial charge in [0, 0.05) is 24.8 Å². The molecule has 1 aliphatic rings. The van der Waals surface area contributed by atoms with E-state index in [0.717, 1.165) is 18.7 Å². The second kappa shape index (κ2) is 4.96. The maximum absolute atomic E-state index is 6.23. The number of ether oxygens (including phenoxy) is 1. The van der Waals surface area contributed by atoms with Crippen LogP contribution in [0.3, 0.4) is 0 Å². The van der Waals surface area contributed by atoms with Gasteiger partial charge in [-0.2, -0.15) is 0 Å². The number of rotatable bonds is 5. The Morgan fingerprint density at radius 3 is 2.41 bits per heavy atom. The lowest BCUT2D eigenvalue weighted by atomic mass is 9.75.